The number of carbonyl (C=O) groups excluding carboxylic acids is 1. The first-order valence-electron chi connectivity index (χ1n) is 7.96. The van der Waals surface area contributed by atoms with Gasteiger partial charge in [0.05, 0.1) is 11.4 Å². The number of pyridine rings is 1. The van der Waals surface area contributed by atoms with Crippen LogP contribution >= 0.6 is 0 Å². The zero-order chi connectivity index (χ0) is 17.2. The molecule has 2 atom stereocenters. The van der Waals surface area contributed by atoms with Crippen LogP contribution in [0, 0.1) is 5.82 Å². The molecule has 5 heteroatoms. The maximum atomic E-state index is 14.1. The lowest BCUT2D eigenvalue weighted by Gasteiger charge is -2.17. The second-order valence-electron chi connectivity index (χ2n) is 5.79. The Hall–Kier alpha value is -3.21. The normalized spacial score (nSPS) is 19.3. The van der Waals surface area contributed by atoms with E-state index in [9.17, 15) is 9.18 Å². The van der Waals surface area contributed by atoms with E-state index in [1.807, 2.05) is 30.3 Å². The lowest BCUT2D eigenvalue weighted by atomic mass is 9.99. The van der Waals surface area contributed by atoms with Crippen molar-refractivity contribution >= 4 is 6.09 Å². The molecular formula is C20H15FN2O2. The van der Waals surface area contributed by atoms with Gasteiger partial charge in [0, 0.05) is 5.56 Å². The largest absolute Gasteiger partial charge is 0.439 e. The number of benzene rings is 2. The Balaban J connectivity index is 1.73. The topological polar surface area (TPSA) is 51.2 Å². The lowest BCUT2D eigenvalue weighted by Crippen LogP contribution is -2.20. The van der Waals surface area contributed by atoms with Crippen molar-refractivity contribution in [3.05, 3.63) is 89.9 Å². The quantitative estimate of drug-likeness (QED) is 0.772. The Labute approximate surface area is 144 Å². The smallest absolute Gasteiger partial charge is 0.408 e. The van der Waals surface area contributed by atoms with Gasteiger partial charge in [-0.2, -0.15) is 0 Å². The fraction of sp³-hybridized carbons (Fsp3) is 0.100. The second-order valence-corrected chi connectivity index (χ2v) is 5.79. The highest BCUT2D eigenvalue weighted by molar-refractivity contribution is 5.71. The molecule has 1 N–H and O–H groups in total. The third-order valence-corrected chi connectivity index (χ3v) is 4.18. The summed E-state index contributed by atoms with van der Waals surface area (Å²) in [6.45, 7) is 0. The number of ether oxygens (including phenoxy) is 1. The number of hydrogen-bond acceptors (Lipinski definition) is 3. The minimum atomic E-state index is -0.489. The molecule has 0 saturated carbocycles. The van der Waals surface area contributed by atoms with Crippen LogP contribution in [0.15, 0.2) is 72.8 Å². The van der Waals surface area contributed by atoms with Crippen LogP contribution in [-0.2, 0) is 4.74 Å². The van der Waals surface area contributed by atoms with Crippen LogP contribution < -0.4 is 5.32 Å². The summed E-state index contributed by atoms with van der Waals surface area (Å²) in [4.78, 5) is 16.4. The number of amides is 1. The molecule has 2 aromatic carbocycles. The second kappa shape index (κ2) is 6.36. The van der Waals surface area contributed by atoms with Crippen LogP contribution in [0.4, 0.5) is 9.18 Å². The highest BCUT2D eigenvalue weighted by atomic mass is 19.1. The molecule has 1 aliphatic rings. The Morgan fingerprint density at radius 3 is 2.48 bits per heavy atom. The van der Waals surface area contributed by atoms with Gasteiger partial charge in [-0.15, -0.1) is 0 Å². The predicted molar refractivity (Wildman–Crippen MR) is 91.2 cm³/mol. The van der Waals surface area contributed by atoms with Gasteiger partial charge in [-0.05, 0) is 29.8 Å². The van der Waals surface area contributed by atoms with Crippen molar-refractivity contribution in [2.45, 2.75) is 12.1 Å². The molecule has 0 spiro atoms. The zero-order valence-corrected chi connectivity index (χ0v) is 13.2. The molecular weight excluding hydrogens is 319 g/mol. The van der Waals surface area contributed by atoms with Crippen molar-refractivity contribution in [1.82, 2.24) is 10.3 Å². The van der Waals surface area contributed by atoms with Gasteiger partial charge in [-0.25, -0.2) is 9.18 Å². The molecule has 3 aromatic rings. The van der Waals surface area contributed by atoms with Crippen molar-refractivity contribution in [2.75, 3.05) is 0 Å². The summed E-state index contributed by atoms with van der Waals surface area (Å²) in [7, 11) is 0. The van der Waals surface area contributed by atoms with Crippen molar-refractivity contribution in [3.8, 4) is 11.3 Å². The summed E-state index contributed by atoms with van der Waals surface area (Å²) in [5.41, 5.74) is 2.44. The summed E-state index contributed by atoms with van der Waals surface area (Å²) < 4.78 is 19.5. The number of nitrogens with zero attached hydrogens (tertiary/aromatic N) is 1. The Bertz CT molecular complexity index is 914. The maximum absolute atomic E-state index is 14.1. The molecule has 1 aromatic heterocycles. The van der Waals surface area contributed by atoms with Crippen molar-refractivity contribution < 1.29 is 13.9 Å². The third-order valence-electron chi connectivity index (χ3n) is 4.18. The zero-order valence-electron chi connectivity index (χ0n) is 13.2. The van der Waals surface area contributed by atoms with E-state index < -0.39 is 18.2 Å². The van der Waals surface area contributed by atoms with Crippen molar-refractivity contribution in [1.29, 1.82) is 0 Å². The summed E-state index contributed by atoms with van der Waals surface area (Å²) >= 11 is 0. The van der Waals surface area contributed by atoms with Gasteiger partial charge in [0.15, 0.2) is 6.10 Å². The van der Waals surface area contributed by atoms with E-state index >= 15 is 0 Å². The van der Waals surface area contributed by atoms with Gasteiger partial charge in [0.1, 0.15) is 11.9 Å². The fourth-order valence-corrected chi connectivity index (χ4v) is 3.00. The monoisotopic (exact) mass is 334 g/mol. The van der Waals surface area contributed by atoms with Gasteiger partial charge in [0.25, 0.3) is 0 Å². The summed E-state index contributed by atoms with van der Waals surface area (Å²) in [5.74, 6) is -0.335. The number of hydrogen-bond donors (Lipinski definition) is 1. The minimum Gasteiger partial charge on any atom is -0.439 e. The number of cyclic esters (lactones) is 1. The van der Waals surface area contributed by atoms with Crippen LogP contribution in [0.2, 0.25) is 0 Å². The van der Waals surface area contributed by atoms with E-state index in [2.05, 4.69) is 10.3 Å². The third kappa shape index (κ3) is 2.96. The van der Waals surface area contributed by atoms with E-state index in [0.717, 1.165) is 5.56 Å². The average Bonchev–Trinajstić information content (AvgIpc) is 3.05. The predicted octanol–water partition coefficient (Wildman–Crippen LogP) is 4.41. The first kappa shape index (κ1) is 15.3. The molecule has 1 saturated heterocycles. The molecule has 0 radical (unpaired) electrons. The number of carbonyl (C=O) groups is 1. The van der Waals surface area contributed by atoms with Crippen molar-refractivity contribution in [2.24, 2.45) is 0 Å². The van der Waals surface area contributed by atoms with Gasteiger partial charge in [-0.1, -0.05) is 48.5 Å². The van der Waals surface area contributed by atoms with Crippen LogP contribution in [0.3, 0.4) is 0 Å². The molecule has 2 heterocycles. The molecule has 1 amide bonds. The molecule has 4 rings (SSSR count). The highest BCUT2D eigenvalue weighted by Crippen LogP contribution is 2.36. The fourth-order valence-electron chi connectivity index (χ4n) is 3.00. The summed E-state index contributed by atoms with van der Waals surface area (Å²) in [6, 6.07) is 20.9. The Kier molecular flexibility index (Phi) is 3.90. The molecule has 1 aliphatic heterocycles. The summed E-state index contributed by atoms with van der Waals surface area (Å²) in [5, 5.41) is 2.79. The highest BCUT2D eigenvalue weighted by Gasteiger charge is 2.37. The van der Waals surface area contributed by atoms with Crippen LogP contribution in [0.25, 0.3) is 11.3 Å². The Morgan fingerprint density at radius 1 is 0.920 bits per heavy atom. The molecule has 124 valence electrons. The lowest BCUT2D eigenvalue weighted by molar-refractivity contribution is 0.132. The first-order valence-corrected chi connectivity index (χ1v) is 7.96. The van der Waals surface area contributed by atoms with Gasteiger partial charge < -0.3 is 10.1 Å². The van der Waals surface area contributed by atoms with Crippen molar-refractivity contribution in [3.63, 3.8) is 0 Å². The summed E-state index contributed by atoms with van der Waals surface area (Å²) in [6.07, 6.45) is -0.964. The Morgan fingerprint density at radius 2 is 1.68 bits per heavy atom. The van der Waals surface area contributed by atoms with E-state index in [1.54, 1.807) is 36.4 Å². The van der Waals surface area contributed by atoms with E-state index in [1.165, 1.54) is 6.07 Å². The number of halogens is 1. The number of rotatable bonds is 3. The van der Waals surface area contributed by atoms with Crippen LogP contribution in [-0.4, -0.2) is 11.1 Å². The van der Waals surface area contributed by atoms with Gasteiger partial charge in [-0.3, -0.25) is 4.98 Å². The molecule has 0 aliphatic carbocycles. The van der Waals surface area contributed by atoms with Gasteiger partial charge in [0.2, 0.25) is 0 Å². The molecule has 0 bridgehead atoms. The standard InChI is InChI=1S/C20H15FN2O2/c21-15-10-5-4-9-14(15)16-11-6-12-17(22-16)18-19(25-20(24)23-18)13-7-2-1-3-8-13/h1-12,18-19H,(H,23,24)/t18-,19-/m1/s1. The molecule has 4 nitrogen and oxygen atoms in total. The molecule has 1 fully saturated rings. The molecule has 25 heavy (non-hydrogen) atoms. The maximum Gasteiger partial charge on any atom is 0.408 e. The van der Waals surface area contributed by atoms with E-state index in [4.69, 9.17) is 4.74 Å². The molecule has 0 unspecified atom stereocenters. The van der Waals surface area contributed by atoms with Crippen LogP contribution in [0.5, 0.6) is 0 Å². The van der Waals surface area contributed by atoms with Crippen LogP contribution in [0.1, 0.15) is 23.4 Å². The SMILES string of the molecule is O=C1N[C@H](c2cccc(-c3ccccc3F)n2)[C@@H](c2ccccc2)O1. The first-order chi connectivity index (χ1) is 12.2. The number of aromatic nitrogens is 1. The van der Waals surface area contributed by atoms with E-state index in [-0.39, 0.29) is 5.82 Å². The minimum absolute atomic E-state index is 0.335. The van der Waals surface area contributed by atoms with Gasteiger partial charge >= 0.3 is 6.09 Å². The van der Waals surface area contributed by atoms with E-state index in [0.29, 0.717) is 17.0 Å². The average molecular weight is 334 g/mol. The number of nitrogens with one attached hydrogen (secondary N) is 1. The number of alkyl carbamates (subject to hydrolysis) is 1.